The van der Waals surface area contributed by atoms with Gasteiger partial charge in [-0.15, -0.1) is 0 Å². The van der Waals surface area contributed by atoms with E-state index in [9.17, 15) is 0 Å². The van der Waals surface area contributed by atoms with E-state index < -0.39 is 0 Å². The Morgan fingerprint density at radius 1 is 1.18 bits per heavy atom. The summed E-state index contributed by atoms with van der Waals surface area (Å²) in [7, 11) is 0. The Bertz CT molecular complexity index is 356. The van der Waals surface area contributed by atoms with Crippen LogP contribution in [0.3, 0.4) is 0 Å². The van der Waals surface area contributed by atoms with Crippen molar-refractivity contribution in [3.8, 4) is 0 Å². The molecule has 94 valence electrons. The van der Waals surface area contributed by atoms with Crippen LogP contribution in [0.2, 0.25) is 0 Å². The molecule has 3 nitrogen and oxygen atoms in total. The highest BCUT2D eigenvalue weighted by Crippen LogP contribution is 2.37. The van der Waals surface area contributed by atoms with Crippen molar-refractivity contribution in [2.24, 2.45) is 5.41 Å². The average Bonchev–Trinajstić information content (AvgIpc) is 2.76. The van der Waals surface area contributed by atoms with Gasteiger partial charge in [0.15, 0.2) is 0 Å². The van der Waals surface area contributed by atoms with Gasteiger partial charge in [0.05, 0.1) is 0 Å². The van der Waals surface area contributed by atoms with Crippen LogP contribution < -0.4 is 10.6 Å². The van der Waals surface area contributed by atoms with Crippen LogP contribution in [0.1, 0.15) is 39.5 Å². The molecule has 1 aliphatic rings. The molecule has 0 amide bonds. The standard InChI is InChI=1S/C14H23N3/c1-3-15-12-7-6-8-13(17-12)16-11-14(2)9-4-5-10-14/h6-8H,3-5,9-11H2,1-2H3,(H2,15,16,17). The van der Waals surface area contributed by atoms with Crippen molar-refractivity contribution in [2.75, 3.05) is 23.7 Å². The first-order chi connectivity index (χ1) is 8.22. The van der Waals surface area contributed by atoms with Crippen molar-refractivity contribution < 1.29 is 0 Å². The first-order valence-corrected chi connectivity index (χ1v) is 6.67. The van der Waals surface area contributed by atoms with Crippen LogP contribution in [0.4, 0.5) is 11.6 Å². The molecular weight excluding hydrogens is 210 g/mol. The molecule has 3 heteroatoms. The molecule has 0 aromatic carbocycles. The molecule has 2 N–H and O–H groups in total. The van der Waals surface area contributed by atoms with E-state index in [4.69, 9.17) is 0 Å². The van der Waals surface area contributed by atoms with E-state index in [1.807, 2.05) is 18.2 Å². The molecule has 0 unspecified atom stereocenters. The summed E-state index contributed by atoms with van der Waals surface area (Å²) in [6, 6.07) is 6.09. The van der Waals surface area contributed by atoms with E-state index in [0.717, 1.165) is 24.7 Å². The van der Waals surface area contributed by atoms with E-state index in [1.165, 1.54) is 25.7 Å². The fourth-order valence-corrected chi connectivity index (χ4v) is 2.52. The number of nitrogens with one attached hydrogen (secondary N) is 2. The highest BCUT2D eigenvalue weighted by atomic mass is 15.1. The van der Waals surface area contributed by atoms with Gasteiger partial charge in [0, 0.05) is 13.1 Å². The number of hydrogen-bond acceptors (Lipinski definition) is 3. The van der Waals surface area contributed by atoms with Gasteiger partial charge in [-0.2, -0.15) is 0 Å². The lowest BCUT2D eigenvalue weighted by molar-refractivity contribution is 0.361. The Kier molecular flexibility index (Phi) is 3.87. The molecule has 1 heterocycles. The lowest BCUT2D eigenvalue weighted by atomic mass is 9.89. The Labute approximate surface area is 104 Å². The van der Waals surface area contributed by atoms with Crippen molar-refractivity contribution in [3.05, 3.63) is 18.2 Å². The topological polar surface area (TPSA) is 37.0 Å². The summed E-state index contributed by atoms with van der Waals surface area (Å²) < 4.78 is 0. The summed E-state index contributed by atoms with van der Waals surface area (Å²) >= 11 is 0. The number of hydrogen-bond donors (Lipinski definition) is 2. The lowest BCUT2D eigenvalue weighted by Crippen LogP contribution is -2.23. The van der Waals surface area contributed by atoms with Gasteiger partial charge >= 0.3 is 0 Å². The first kappa shape index (κ1) is 12.2. The second kappa shape index (κ2) is 5.39. The molecule has 1 saturated carbocycles. The lowest BCUT2D eigenvalue weighted by Gasteiger charge is -2.24. The van der Waals surface area contributed by atoms with Crippen LogP contribution in [0.5, 0.6) is 0 Å². The molecule has 17 heavy (non-hydrogen) atoms. The summed E-state index contributed by atoms with van der Waals surface area (Å²) in [4.78, 5) is 4.53. The molecule has 1 aromatic heterocycles. The van der Waals surface area contributed by atoms with Gasteiger partial charge in [-0.05, 0) is 37.3 Å². The number of anilines is 2. The number of aromatic nitrogens is 1. The Morgan fingerprint density at radius 2 is 1.82 bits per heavy atom. The summed E-state index contributed by atoms with van der Waals surface area (Å²) in [5, 5.41) is 6.71. The summed E-state index contributed by atoms with van der Waals surface area (Å²) in [6.07, 6.45) is 5.44. The van der Waals surface area contributed by atoms with Gasteiger partial charge in [-0.25, -0.2) is 4.98 Å². The predicted molar refractivity (Wildman–Crippen MR) is 73.5 cm³/mol. The fraction of sp³-hybridized carbons (Fsp3) is 0.643. The minimum absolute atomic E-state index is 0.468. The van der Waals surface area contributed by atoms with E-state index in [2.05, 4.69) is 29.5 Å². The number of rotatable bonds is 5. The van der Waals surface area contributed by atoms with Crippen molar-refractivity contribution >= 4 is 11.6 Å². The Balaban J connectivity index is 1.91. The van der Waals surface area contributed by atoms with Crippen LogP contribution in [0.25, 0.3) is 0 Å². The largest absolute Gasteiger partial charge is 0.370 e. The molecule has 0 aliphatic heterocycles. The Morgan fingerprint density at radius 3 is 2.47 bits per heavy atom. The van der Waals surface area contributed by atoms with Gasteiger partial charge in [0.2, 0.25) is 0 Å². The van der Waals surface area contributed by atoms with E-state index in [1.54, 1.807) is 0 Å². The third-order valence-electron chi connectivity index (χ3n) is 3.61. The SMILES string of the molecule is CCNc1cccc(NCC2(C)CCCC2)n1. The van der Waals surface area contributed by atoms with Crippen molar-refractivity contribution in [1.29, 1.82) is 0 Å². The van der Waals surface area contributed by atoms with Crippen LogP contribution >= 0.6 is 0 Å². The molecule has 1 aliphatic carbocycles. The van der Waals surface area contributed by atoms with Gasteiger partial charge in [0.25, 0.3) is 0 Å². The third kappa shape index (κ3) is 3.35. The van der Waals surface area contributed by atoms with Crippen LogP contribution in [0.15, 0.2) is 18.2 Å². The Hall–Kier alpha value is -1.25. The third-order valence-corrected chi connectivity index (χ3v) is 3.61. The molecule has 0 spiro atoms. The molecule has 1 aromatic rings. The van der Waals surface area contributed by atoms with E-state index >= 15 is 0 Å². The molecule has 0 saturated heterocycles. The average molecular weight is 233 g/mol. The smallest absolute Gasteiger partial charge is 0.128 e. The fourth-order valence-electron chi connectivity index (χ4n) is 2.52. The maximum Gasteiger partial charge on any atom is 0.128 e. The van der Waals surface area contributed by atoms with E-state index in [0.29, 0.717) is 5.41 Å². The summed E-state index contributed by atoms with van der Waals surface area (Å²) in [6.45, 7) is 6.41. The monoisotopic (exact) mass is 233 g/mol. The zero-order valence-corrected chi connectivity index (χ0v) is 10.9. The summed E-state index contributed by atoms with van der Waals surface area (Å²) in [5.41, 5.74) is 0.468. The second-order valence-electron chi connectivity index (χ2n) is 5.31. The van der Waals surface area contributed by atoms with Crippen LogP contribution in [-0.4, -0.2) is 18.1 Å². The second-order valence-corrected chi connectivity index (χ2v) is 5.31. The maximum atomic E-state index is 4.53. The highest BCUT2D eigenvalue weighted by molar-refractivity contribution is 5.45. The summed E-state index contributed by atoms with van der Waals surface area (Å²) in [5.74, 6) is 1.94. The normalized spacial score (nSPS) is 18.0. The zero-order valence-electron chi connectivity index (χ0n) is 10.9. The quantitative estimate of drug-likeness (QED) is 0.817. The molecular formula is C14H23N3. The predicted octanol–water partition coefficient (Wildman–Crippen LogP) is 3.51. The van der Waals surface area contributed by atoms with Gasteiger partial charge in [0.1, 0.15) is 11.6 Å². The number of nitrogens with zero attached hydrogens (tertiary/aromatic N) is 1. The minimum Gasteiger partial charge on any atom is -0.370 e. The van der Waals surface area contributed by atoms with Gasteiger partial charge in [-0.1, -0.05) is 25.8 Å². The van der Waals surface area contributed by atoms with Gasteiger partial charge in [-0.3, -0.25) is 0 Å². The maximum absolute atomic E-state index is 4.53. The van der Waals surface area contributed by atoms with Crippen molar-refractivity contribution in [3.63, 3.8) is 0 Å². The van der Waals surface area contributed by atoms with E-state index in [-0.39, 0.29) is 0 Å². The number of pyridine rings is 1. The highest BCUT2D eigenvalue weighted by Gasteiger charge is 2.28. The molecule has 0 atom stereocenters. The molecule has 1 fully saturated rings. The molecule has 0 bridgehead atoms. The van der Waals surface area contributed by atoms with Crippen molar-refractivity contribution in [2.45, 2.75) is 39.5 Å². The molecule has 2 rings (SSSR count). The van der Waals surface area contributed by atoms with Crippen molar-refractivity contribution in [1.82, 2.24) is 4.98 Å². The van der Waals surface area contributed by atoms with Crippen LogP contribution in [-0.2, 0) is 0 Å². The minimum atomic E-state index is 0.468. The molecule has 0 radical (unpaired) electrons. The van der Waals surface area contributed by atoms with Gasteiger partial charge < -0.3 is 10.6 Å². The first-order valence-electron chi connectivity index (χ1n) is 6.67. The van der Waals surface area contributed by atoms with Crippen LogP contribution in [0, 0.1) is 5.41 Å². The zero-order chi connectivity index (χ0) is 12.1.